The number of benzene rings is 1. The minimum atomic E-state index is -0.0737. The van der Waals surface area contributed by atoms with Crippen molar-refractivity contribution in [3.8, 4) is 5.75 Å². The Kier molecular flexibility index (Phi) is 4.81. The van der Waals surface area contributed by atoms with Gasteiger partial charge in [0.15, 0.2) is 0 Å². The van der Waals surface area contributed by atoms with Crippen molar-refractivity contribution in [2.45, 2.75) is 18.9 Å². The molecule has 2 aliphatic heterocycles. The number of ether oxygens (including phenoxy) is 1. The lowest BCUT2D eigenvalue weighted by atomic mass is 10.0. The average molecular weight is 317 g/mol. The Balaban J connectivity index is 1.66. The van der Waals surface area contributed by atoms with Crippen molar-refractivity contribution < 1.29 is 14.3 Å². The molecule has 23 heavy (non-hydrogen) atoms. The first-order chi connectivity index (χ1) is 11.2. The summed E-state index contributed by atoms with van der Waals surface area (Å²) in [4.78, 5) is 27.8. The molecule has 1 aromatic carbocycles. The standard InChI is InChI=1S/C17H23N3O3/c1-23-14-5-2-4-13(10-14)15-6-3-8-19(15)12-17(22)20-9-7-18-16(21)11-20/h2,4-5,10,15H,3,6-9,11-12H2,1H3,(H,18,21)/t15-/m0/s1. The van der Waals surface area contributed by atoms with Gasteiger partial charge in [-0.15, -0.1) is 0 Å². The zero-order valence-corrected chi connectivity index (χ0v) is 13.5. The molecule has 6 heteroatoms. The predicted molar refractivity (Wildman–Crippen MR) is 86.1 cm³/mol. The lowest BCUT2D eigenvalue weighted by molar-refractivity contribution is -0.139. The normalized spacial score (nSPS) is 22.0. The van der Waals surface area contributed by atoms with Crippen molar-refractivity contribution in [3.63, 3.8) is 0 Å². The summed E-state index contributed by atoms with van der Waals surface area (Å²) in [5, 5.41) is 2.75. The van der Waals surface area contributed by atoms with Gasteiger partial charge in [-0.3, -0.25) is 14.5 Å². The van der Waals surface area contributed by atoms with Crippen LogP contribution in [0.5, 0.6) is 5.75 Å². The van der Waals surface area contributed by atoms with Crippen LogP contribution in [0, 0.1) is 0 Å². The predicted octanol–water partition coefficient (Wildman–Crippen LogP) is 0.791. The third-order valence-electron chi connectivity index (χ3n) is 4.57. The van der Waals surface area contributed by atoms with E-state index in [2.05, 4.69) is 16.3 Å². The Bertz CT molecular complexity index is 590. The van der Waals surface area contributed by atoms with E-state index in [0.29, 0.717) is 19.6 Å². The van der Waals surface area contributed by atoms with Gasteiger partial charge in [0.25, 0.3) is 0 Å². The van der Waals surface area contributed by atoms with Gasteiger partial charge in [0.1, 0.15) is 5.75 Å². The maximum Gasteiger partial charge on any atom is 0.239 e. The van der Waals surface area contributed by atoms with Gasteiger partial charge in [-0.1, -0.05) is 12.1 Å². The number of rotatable bonds is 4. The molecule has 6 nitrogen and oxygen atoms in total. The van der Waals surface area contributed by atoms with Gasteiger partial charge in [-0.25, -0.2) is 0 Å². The number of methoxy groups -OCH3 is 1. The first-order valence-corrected chi connectivity index (χ1v) is 8.10. The molecule has 0 radical (unpaired) electrons. The van der Waals surface area contributed by atoms with E-state index < -0.39 is 0 Å². The van der Waals surface area contributed by atoms with Crippen LogP contribution in [0.2, 0.25) is 0 Å². The van der Waals surface area contributed by atoms with Gasteiger partial charge in [0.05, 0.1) is 20.2 Å². The third-order valence-corrected chi connectivity index (χ3v) is 4.57. The highest BCUT2D eigenvalue weighted by Crippen LogP contribution is 2.33. The van der Waals surface area contributed by atoms with Crippen LogP contribution in [0.15, 0.2) is 24.3 Å². The van der Waals surface area contributed by atoms with Crippen LogP contribution < -0.4 is 10.1 Å². The van der Waals surface area contributed by atoms with Crippen LogP contribution in [0.3, 0.4) is 0 Å². The number of nitrogens with one attached hydrogen (secondary N) is 1. The van der Waals surface area contributed by atoms with Crippen molar-refractivity contribution in [3.05, 3.63) is 29.8 Å². The van der Waals surface area contributed by atoms with Crippen molar-refractivity contribution in [2.24, 2.45) is 0 Å². The molecule has 2 amide bonds. The zero-order chi connectivity index (χ0) is 16.2. The van der Waals surface area contributed by atoms with Gasteiger partial charge < -0.3 is 15.0 Å². The van der Waals surface area contributed by atoms with Crippen LogP contribution in [-0.2, 0) is 9.59 Å². The van der Waals surface area contributed by atoms with Gasteiger partial charge in [0, 0.05) is 19.1 Å². The van der Waals surface area contributed by atoms with Crippen molar-refractivity contribution in [2.75, 3.05) is 39.8 Å². The van der Waals surface area contributed by atoms with E-state index in [1.807, 2.05) is 18.2 Å². The lowest BCUT2D eigenvalue weighted by Crippen LogP contribution is -2.52. The van der Waals surface area contributed by atoms with E-state index in [-0.39, 0.29) is 24.4 Å². The van der Waals surface area contributed by atoms with Crippen LogP contribution in [-0.4, -0.2) is 61.4 Å². The second-order valence-electron chi connectivity index (χ2n) is 6.07. The Morgan fingerprint density at radius 2 is 2.26 bits per heavy atom. The van der Waals surface area contributed by atoms with E-state index in [4.69, 9.17) is 4.74 Å². The van der Waals surface area contributed by atoms with Crippen LogP contribution in [0.4, 0.5) is 0 Å². The number of carbonyl (C=O) groups excluding carboxylic acids is 2. The molecule has 0 aliphatic carbocycles. The van der Waals surface area contributed by atoms with E-state index in [9.17, 15) is 9.59 Å². The molecule has 1 atom stereocenters. The molecule has 2 aliphatic rings. The number of amides is 2. The molecule has 1 N–H and O–H groups in total. The van der Waals surface area contributed by atoms with Gasteiger partial charge in [-0.2, -0.15) is 0 Å². The fourth-order valence-corrected chi connectivity index (χ4v) is 3.37. The molecule has 3 rings (SSSR count). The number of nitrogens with zero attached hydrogens (tertiary/aromatic N) is 2. The Morgan fingerprint density at radius 3 is 3.04 bits per heavy atom. The summed E-state index contributed by atoms with van der Waals surface area (Å²) in [6.45, 7) is 2.60. The van der Waals surface area contributed by atoms with Crippen LogP contribution in [0.1, 0.15) is 24.4 Å². The molecule has 124 valence electrons. The Hall–Kier alpha value is -2.08. The molecule has 0 saturated carbocycles. The molecule has 2 fully saturated rings. The highest BCUT2D eigenvalue weighted by molar-refractivity contribution is 5.86. The van der Waals surface area contributed by atoms with Gasteiger partial charge >= 0.3 is 0 Å². The minimum Gasteiger partial charge on any atom is -0.497 e. The molecule has 0 bridgehead atoms. The monoisotopic (exact) mass is 317 g/mol. The zero-order valence-electron chi connectivity index (χ0n) is 13.5. The molecular formula is C17H23N3O3. The highest BCUT2D eigenvalue weighted by atomic mass is 16.5. The first kappa shape index (κ1) is 15.8. The maximum absolute atomic E-state index is 12.5. The summed E-state index contributed by atoms with van der Waals surface area (Å²) in [6.07, 6.45) is 2.12. The lowest BCUT2D eigenvalue weighted by Gasteiger charge is -2.30. The SMILES string of the molecule is COc1cccc([C@@H]2CCCN2CC(=O)N2CCNC(=O)C2)c1. The van der Waals surface area contributed by atoms with Crippen LogP contribution >= 0.6 is 0 Å². The fraction of sp³-hybridized carbons (Fsp3) is 0.529. The van der Waals surface area contributed by atoms with Gasteiger partial charge in [-0.05, 0) is 37.1 Å². The fourth-order valence-electron chi connectivity index (χ4n) is 3.37. The summed E-state index contributed by atoms with van der Waals surface area (Å²) in [7, 11) is 1.66. The average Bonchev–Trinajstić information content (AvgIpc) is 3.03. The Labute approximate surface area is 136 Å². The quantitative estimate of drug-likeness (QED) is 0.892. The van der Waals surface area contributed by atoms with Crippen molar-refractivity contribution in [1.29, 1.82) is 0 Å². The number of hydrogen-bond acceptors (Lipinski definition) is 4. The number of hydrogen-bond donors (Lipinski definition) is 1. The summed E-state index contributed by atoms with van der Waals surface area (Å²) in [6, 6.07) is 8.29. The second-order valence-corrected chi connectivity index (χ2v) is 6.07. The molecule has 1 aromatic rings. The van der Waals surface area contributed by atoms with Gasteiger partial charge in [0.2, 0.25) is 11.8 Å². The number of likely N-dealkylation sites (tertiary alicyclic amines) is 1. The summed E-state index contributed by atoms with van der Waals surface area (Å²) in [5.74, 6) is 0.804. The summed E-state index contributed by atoms with van der Waals surface area (Å²) in [5.41, 5.74) is 1.19. The number of piperazine rings is 1. The van der Waals surface area contributed by atoms with E-state index in [1.165, 1.54) is 5.56 Å². The van der Waals surface area contributed by atoms with E-state index in [1.54, 1.807) is 12.0 Å². The molecule has 2 heterocycles. The largest absolute Gasteiger partial charge is 0.497 e. The summed E-state index contributed by atoms with van der Waals surface area (Å²) >= 11 is 0. The molecule has 0 aromatic heterocycles. The molecule has 0 spiro atoms. The first-order valence-electron chi connectivity index (χ1n) is 8.10. The maximum atomic E-state index is 12.5. The molecule has 0 unspecified atom stereocenters. The topological polar surface area (TPSA) is 61.9 Å². The molecular weight excluding hydrogens is 294 g/mol. The van der Waals surface area contributed by atoms with Crippen molar-refractivity contribution >= 4 is 11.8 Å². The number of carbonyl (C=O) groups is 2. The summed E-state index contributed by atoms with van der Waals surface area (Å²) < 4.78 is 5.30. The minimum absolute atomic E-state index is 0.0367. The molecule has 2 saturated heterocycles. The van der Waals surface area contributed by atoms with Crippen LogP contribution in [0.25, 0.3) is 0 Å². The second kappa shape index (κ2) is 7.00. The third kappa shape index (κ3) is 3.64. The Morgan fingerprint density at radius 1 is 1.39 bits per heavy atom. The van der Waals surface area contributed by atoms with Crippen molar-refractivity contribution in [1.82, 2.24) is 15.1 Å². The van der Waals surface area contributed by atoms with E-state index in [0.717, 1.165) is 25.1 Å². The smallest absolute Gasteiger partial charge is 0.239 e. The highest BCUT2D eigenvalue weighted by Gasteiger charge is 2.30. The van der Waals surface area contributed by atoms with E-state index >= 15 is 0 Å².